The third kappa shape index (κ3) is 3.92. The number of hydrogen-bond donors (Lipinski definition) is 2. The van der Waals surface area contributed by atoms with Gasteiger partial charge in [0, 0.05) is 21.5 Å². The van der Waals surface area contributed by atoms with Crippen molar-refractivity contribution in [2.75, 3.05) is 0 Å². The van der Waals surface area contributed by atoms with Crippen molar-refractivity contribution in [1.29, 1.82) is 0 Å². The topological polar surface area (TPSA) is 54.6 Å². The maximum atomic E-state index is 10.2. The number of halogens is 1. The number of ether oxygens (including phenoxy) is 1. The van der Waals surface area contributed by atoms with E-state index in [0.29, 0.717) is 10.5 Å². The standard InChI is InChI=1S/C36H25BClNO3Si/c38-25-16-21-36-34(23-25)42-33-14-5-6-15-35(33)43(36,28-9-7-8-24(22-28)37(40)41)27-19-17-26(18-20-27)39-31-12-3-1-10-29(31)30-11-2-4-13-32(30)39/h1-23,40-41H. The maximum absolute atomic E-state index is 10.2. The second-order valence-corrected chi connectivity index (χ2v) is 15.1. The monoisotopic (exact) mass is 593 g/mol. The van der Waals surface area contributed by atoms with Crippen LogP contribution in [-0.4, -0.2) is 29.8 Å². The first-order chi connectivity index (χ1) is 21.1. The van der Waals surface area contributed by atoms with E-state index in [0.717, 1.165) is 49.0 Å². The Morgan fingerprint density at radius 3 is 1.95 bits per heavy atom. The number of para-hydroxylation sites is 3. The fourth-order valence-corrected chi connectivity index (χ4v) is 11.9. The number of fused-ring (bicyclic) bond motifs is 5. The molecule has 0 fully saturated rings. The van der Waals surface area contributed by atoms with Crippen LogP contribution in [0.3, 0.4) is 0 Å². The summed E-state index contributed by atoms with van der Waals surface area (Å²) in [4.78, 5) is 0. The van der Waals surface area contributed by atoms with E-state index in [-0.39, 0.29) is 0 Å². The molecule has 43 heavy (non-hydrogen) atoms. The van der Waals surface area contributed by atoms with E-state index < -0.39 is 15.2 Å². The lowest BCUT2D eigenvalue weighted by Crippen LogP contribution is -2.76. The average molecular weight is 594 g/mol. The molecule has 0 spiro atoms. The first kappa shape index (κ1) is 26.1. The Labute approximate surface area is 255 Å². The minimum absolute atomic E-state index is 0.450. The number of rotatable bonds is 4. The van der Waals surface area contributed by atoms with Gasteiger partial charge in [-0.15, -0.1) is 0 Å². The number of hydrogen-bond acceptors (Lipinski definition) is 3. The zero-order valence-electron chi connectivity index (χ0n) is 23.0. The molecule has 8 rings (SSSR count). The molecule has 1 aliphatic heterocycles. The summed E-state index contributed by atoms with van der Waals surface area (Å²) in [6.07, 6.45) is 0. The van der Waals surface area contributed by atoms with E-state index in [9.17, 15) is 10.0 Å². The summed E-state index contributed by atoms with van der Waals surface area (Å²) in [7, 11) is -4.59. The van der Waals surface area contributed by atoms with E-state index >= 15 is 0 Å². The molecule has 0 saturated carbocycles. The van der Waals surface area contributed by atoms with Crippen molar-refractivity contribution < 1.29 is 14.8 Å². The molecule has 1 aliphatic rings. The Morgan fingerprint density at radius 2 is 1.23 bits per heavy atom. The van der Waals surface area contributed by atoms with Crippen LogP contribution in [0, 0.1) is 0 Å². The largest absolute Gasteiger partial charge is 0.488 e. The van der Waals surface area contributed by atoms with Gasteiger partial charge in [0.15, 0.2) is 8.07 Å². The molecule has 0 saturated heterocycles. The fraction of sp³-hybridized carbons (Fsp3) is 0. The van der Waals surface area contributed by atoms with Crippen LogP contribution in [0.2, 0.25) is 5.02 Å². The fourth-order valence-electron chi connectivity index (χ4n) is 6.80. The summed E-state index contributed by atoms with van der Waals surface area (Å²) < 4.78 is 8.78. The van der Waals surface area contributed by atoms with Gasteiger partial charge in [0.25, 0.3) is 0 Å². The van der Waals surface area contributed by atoms with Gasteiger partial charge in [0.2, 0.25) is 0 Å². The van der Waals surface area contributed by atoms with Gasteiger partial charge in [-0.05, 0) is 68.7 Å². The highest BCUT2D eigenvalue weighted by atomic mass is 35.5. The van der Waals surface area contributed by atoms with Crippen molar-refractivity contribution in [3.63, 3.8) is 0 Å². The quantitative estimate of drug-likeness (QED) is 0.294. The third-order valence-electron chi connectivity index (χ3n) is 8.62. The van der Waals surface area contributed by atoms with Crippen molar-refractivity contribution >= 4 is 74.8 Å². The van der Waals surface area contributed by atoms with Crippen molar-refractivity contribution in [1.82, 2.24) is 4.57 Å². The van der Waals surface area contributed by atoms with E-state index in [4.69, 9.17) is 16.3 Å². The van der Waals surface area contributed by atoms with E-state index in [1.807, 2.05) is 42.5 Å². The molecule has 0 amide bonds. The van der Waals surface area contributed by atoms with E-state index in [1.165, 1.54) is 10.8 Å². The van der Waals surface area contributed by atoms with E-state index in [1.54, 1.807) is 6.07 Å². The molecule has 2 N–H and O–H groups in total. The smallest absolute Gasteiger partial charge is 0.457 e. The Bertz CT molecular complexity index is 2130. The molecule has 2 heterocycles. The minimum Gasteiger partial charge on any atom is -0.457 e. The molecular weight excluding hydrogens is 569 g/mol. The van der Waals surface area contributed by atoms with Crippen LogP contribution >= 0.6 is 11.6 Å². The highest BCUT2D eigenvalue weighted by Crippen LogP contribution is 2.33. The van der Waals surface area contributed by atoms with Gasteiger partial charge < -0.3 is 19.4 Å². The van der Waals surface area contributed by atoms with Gasteiger partial charge in [-0.1, -0.05) is 109 Å². The predicted molar refractivity (Wildman–Crippen MR) is 179 cm³/mol. The molecule has 1 unspecified atom stereocenters. The molecule has 4 nitrogen and oxygen atoms in total. The number of benzene rings is 6. The second kappa shape index (κ2) is 10.0. The highest BCUT2D eigenvalue weighted by Gasteiger charge is 2.48. The first-order valence-electron chi connectivity index (χ1n) is 14.2. The van der Waals surface area contributed by atoms with Gasteiger partial charge >= 0.3 is 7.12 Å². The highest BCUT2D eigenvalue weighted by molar-refractivity contribution is 7.20. The summed E-state index contributed by atoms with van der Waals surface area (Å²) in [5.41, 5.74) is 3.83. The number of aromatic nitrogens is 1. The molecular formula is C36H25BClNO3Si. The molecule has 1 aromatic heterocycles. The zero-order chi connectivity index (χ0) is 29.1. The van der Waals surface area contributed by atoms with Gasteiger partial charge in [-0.3, -0.25) is 0 Å². The SMILES string of the molecule is OB(O)c1cccc([Si]2(c3ccc(-n4c5ccccc5c5ccccc54)cc3)c3ccccc3Oc3cc(Cl)ccc32)c1. The van der Waals surface area contributed by atoms with Gasteiger partial charge in [0.05, 0.1) is 11.0 Å². The van der Waals surface area contributed by atoms with Crippen LogP contribution in [-0.2, 0) is 0 Å². The molecule has 0 aliphatic carbocycles. The predicted octanol–water partition coefficient (Wildman–Crippen LogP) is 4.60. The molecule has 6 aromatic carbocycles. The van der Waals surface area contributed by atoms with Crippen LogP contribution in [0.1, 0.15) is 0 Å². The van der Waals surface area contributed by atoms with Crippen LogP contribution in [0.25, 0.3) is 27.5 Å². The van der Waals surface area contributed by atoms with Crippen molar-refractivity contribution in [3.05, 3.63) is 145 Å². The van der Waals surface area contributed by atoms with Crippen LogP contribution in [0.15, 0.2) is 140 Å². The lowest BCUT2D eigenvalue weighted by atomic mass is 9.80. The second-order valence-electron chi connectivity index (χ2n) is 10.9. The lowest BCUT2D eigenvalue weighted by Gasteiger charge is -2.39. The summed E-state index contributed by atoms with van der Waals surface area (Å²) in [6, 6.07) is 47.6. The first-order valence-corrected chi connectivity index (χ1v) is 16.6. The van der Waals surface area contributed by atoms with Crippen LogP contribution in [0.5, 0.6) is 11.5 Å². The zero-order valence-corrected chi connectivity index (χ0v) is 24.7. The Kier molecular flexibility index (Phi) is 6.07. The molecule has 0 radical (unpaired) electrons. The van der Waals surface area contributed by atoms with Crippen LogP contribution in [0.4, 0.5) is 0 Å². The summed E-state index contributed by atoms with van der Waals surface area (Å²) >= 11 is 6.50. The van der Waals surface area contributed by atoms with Gasteiger partial charge in [0.1, 0.15) is 11.5 Å². The van der Waals surface area contributed by atoms with Crippen molar-refractivity contribution in [2.45, 2.75) is 0 Å². The maximum Gasteiger partial charge on any atom is 0.488 e. The van der Waals surface area contributed by atoms with Crippen LogP contribution < -0.4 is 30.9 Å². The molecule has 1 atom stereocenters. The Balaban J connectivity index is 1.42. The van der Waals surface area contributed by atoms with Crippen molar-refractivity contribution in [3.8, 4) is 17.2 Å². The minimum atomic E-state index is -3.01. The molecule has 7 heteroatoms. The lowest BCUT2D eigenvalue weighted by molar-refractivity contribution is 0.426. The molecule has 7 aromatic rings. The molecule has 206 valence electrons. The van der Waals surface area contributed by atoms with Gasteiger partial charge in [-0.25, -0.2) is 0 Å². The summed E-state index contributed by atoms with van der Waals surface area (Å²) in [5.74, 6) is 1.50. The van der Waals surface area contributed by atoms with E-state index in [2.05, 4.69) is 95.6 Å². The average Bonchev–Trinajstić information content (AvgIpc) is 3.38. The van der Waals surface area contributed by atoms with Gasteiger partial charge in [-0.2, -0.15) is 0 Å². The number of nitrogens with zero attached hydrogens (tertiary/aromatic N) is 1. The summed E-state index contributed by atoms with van der Waals surface area (Å²) in [5, 5.41) is 27.7. The third-order valence-corrected chi connectivity index (χ3v) is 13.7. The molecule has 0 bridgehead atoms. The summed E-state index contributed by atoms with van der Waals surface area (Å²) in [6.45, 7) is 0. The van der Waals surface area contributed by atoms with Crippen molar-refractivity contribution in [2.24, 2.45) is 0 Å². The Hall–Kier alpha value is -4.59. The Morgan fingerprint density at radius 1 is 0.581 bits per heavy atom. The normalized spacial score (nSPS) is 15.6.